The molecule has 2 unspecified atom stereocenters. The lowest BCUT2D eigenvalue weighted by Gasteiger charge is -2.58. The fourth-order valence-electron chi connectivity index (χ4n) is 6.09. The summed E-state index contributed by atoms with van der Waals surface area (Å²) in [6.45, 7) is 0.168. The maximum Gasteiger partial charge on any atom is 0.312 e. The molecule has 29 heavy (non-hydrogen) atoms. The van der Waals surface area contributed by atoms with E-state index in [1.165, 1.54) is 11.3 Å². The highest BCUT2D eigenvalue weighted by molar-refractivity contribution is 9.10. The molecule has 6 rings (SSSR count). The van der Waals surface area contributed by atoms with E-state index in [4.69, 9.17) is 9.47 Å². The van der Waals surface area contributed by atoms with E-state index in [1.54, 1.807) is 7.11 Å². The molecule has 5 nitrogen and oxygen atoms in total. The van der Waals surface area contributed by atoms with Crippen molar-refractivity contribution >= 4 is 33.2 Å². The number of nitrogens with zero attached hydrogens (tertiary/aromatic N) is 1. The second-order valence-corrected chi connectivity index (χ2v) is 10.8. The number of benzene rings is 1. The number of carbonyl (C=O) groups is 1. The van der Waals surface area contributed by atoms with Crippen LogP contribution in [0.15, 0.2) is 28.1 Å². The van der Waals surface area contributed by atoms with Gasteiger partial charge in [0.05, 0.1) is 29.4 Å². The first-order chi connectivity index (χ1) is 13.9. The zero-order valence-electron chi connectivity index (χ0n) is 16.3. The third-order valence-corrected chi connectivity index (χ3v) is 8.18. The number of thiazole rings is 1. The summed E-state index contributed by atoms with van der Waals surface area (Å²) >= 11 is 5.00. The summed E-state index contributed by atoms with van der Waals surface area (Å²) < 4.78 is 12.1. The van der Waals surface area contributed by atoms with E-state index in [-0.39, 0.29) is 12.6 Å². The van der Waals surface area contributed by atoms with Gasteiger partial charge in [-0.1, -0.05) is 15.9 Å². The molecule has 1 aromatic carbocycles. The smallest absolute Gasteiger partial charge is 0.312 e. The molecular weight excluding hydrogens is 454 g/mol. The third-order valence-electron chi connectivity index (χ3n) is 6.76. The van der Waals surface area contributed by atoms with Crippen LogP contribution in [0.2, 0.25) is 0 Å². The Labute approximate surface area is 182 Å². The first-order valence-electron chi connectivity index (χ1n) is 10.1. The summed E-state index contributed by atoms with van der Waals surface area (Å²) in [4.78, 5) is 17.7. The predicted molar refractivity (Wildman–Crippen MR) is 114 cm³/mol. The molecule has 154 valence electrons. The number of rotatable bonds is 5. The van der Waals surface area contributed by atoms with Crippen molar-refractivity contribution in [1.29, 1.82) is 0 Å². The number of aromatic nitrogens is 1. The number of halogens is 1. The maximum absolute atomic E-state index is 13.1. The molecule has 0 spiro atoms. The average Bonchev–Trinajstić information content (AvgIpc) is 3.13. The van der Waals surface area contributed by atoms with Crippen molar-refractivity contribution in [3.63, 3.8) is 0 Å². The number of methoxy groups -OCH3 is 1. The number of ether oxygens (including phenoxy) is 2. The van der Waals surface area contributed by atoms with Gasteiger partial charge in [0, 0.05) is 9.85 Å². The van der Waals surface area contributed by atoms with Crippen molar-refractivity contribution in [2.24, 2.45) is 17.3 Å². The molecule has 4 bridgehead atoms. The van der Waals surface area contributed by atoms with E-state index >= 15 is 0 Å². The van der Waals surface area contributed by atoms with Crippen LogP contribution in [0.25, 0.3) is 10.6 Å². The number of aliphatic hydroxyl groups is 1. The Kier molecular flexibility index (Phi) is 4.76. The Morgan fingerprint density at radius 2 is 2.07 bits per heavy atom. The van der Waals surface area contributed by atoms with Gasteiger partial charge in [-0.15, -0.1) is 11.3 Å². The molecule has 0 radical (unpaired) electrons. The van der Waals surface area contributed by atoms with E-state index in [0.29, 0.717) is 18.3 Å². The van der Waals surface area contributed by atoms with Crippen molar-refractivity contribution in [1.82, 2.24) is 4.98 Å². The van der Waals surface area contributed by atoms with Crippen LogP contribution in [0.5, 0.6) is 5.75 Å². The monoisotopic (exact) mass is 477 g/mol. The summed E-state index contributed by atoms with van der Waals surface area (Å²) in [5, 5.41) is 13.6. The van der Waals surface area contributed by atoms with Gasteiger partial charge in [-0.05, 0) is 68.6 Å². The maximum atomic E-state index is 13.1. The molecular formula is C22H24BrNO4S. The average molecular weight is 478 g/mol. The Morgan fingerprint density at radius 3 is 2.76 bits per heavy atom. The summed E-state index contributed by atoms with van der Waals surface area (Å²) in [5.74, 6) is 1.53. The molecule has 4 aliphatic rings. The predicted octanol–water partition coefficient (Wildman–Crippen LogP) is 4.96. The van der Waals surface area contributed by atoms with E-state index in [1.807, 2.05) is 23.6 Å². The van der Waals surface area contributed by atoms with Gasteiger partial charge in [-0.2, -0.15) is 0 Å². The second-order valence-electron chi connectivity index (χ2n) is 9.03. The molecule has 0 amide bonds. The first-order valence-corrected chi connectivity index (χ1v) is 11.7. The summed E-state index contributed by atoms with van der Waals surface area (Å²) in [5.41, 5.74) is 0.496. The molecule has 4 aliphatic carbocycles. The lowest BCUT2D eigenvalue weighted by Crippen LogP contribution is -2.58. The van der Waals surface area contributed by atoms with Gasteiger partial charge >= 0.3 is 5.97 Å². The highest BCUT2D eigenvalue weighted by atomic mass is 79.9. The van der Waals surface area contributed by atoms with Gasteiger partial charge in [0.2, 0.25) is 0 Å². The molecule has 2 atom stereocenters. The second kappa shape index (κ2) is 7.06. The van der Waals surface area contributed by atoms with Crippen molar-refractivity contribution in [2.75, 3.05) is 7.11 Å². The van der Waals surface area contributed by atoms with E-state index < -0.39 is 11.0 Å². The highest BCUT2D eigenvalue weighted by Crippen LogP contribution is 2.62. The molecule has 4 saturated carbocycles. The molecule has 4 fully saturated rings. The highest BCUT2D eigenvalue weighted by Gasteiger charge is 2.60. The largest absolute Gasteiger partial charge is 0.496 e. The van der Waals surface area contributed by atoms with Gasteiger partial charge in [0.25, 0.3) is 0 Å². The molecule has 0 saturated heterocycles. The lowest BCUT2D eigenvalue weighted by atomic mass is 9.48. The Morgan fingerprint density at radius 1 is 1.31 bits per heavy atom. The standard InChI is InChI=1S/C22H24BrNO4S/c1-27-18-3-2-15(23)5-17(18)19-24-16(11-29-19)10-28-20(25)21-6-13-4-14(7-21)9-22(26,8-13)12-21/h2-3,5,11,13-14,26H,4,6-10,12H2,1H3. The number of hydrogen-bond acceptors (Lipinski definition) is 6. The van der Waals surface area contributed by atoms with Crippen LogP contribution in [0, 0.1) is 17.3 Å². The zero-order valence-corrected chi connectivity index (χ0v) is 18.7. The van der Waals surface area contributed by atoms with Gasteiger partial charge in [0.1, 0.15) is 17.4 Å². The van der Waals surface area contributed by atoms with Crippen LogP contribution in [0.4, 0.5) is 0 Å². The molecule has 2 aromatic rings. The molecule has 1 heterocycles. The Balaban J connectivity index is 1.29. The fourth-order valence-corrected chi connectivity index (χ4v) is 7.28. The third kappa shape index (κ3) is 3.51. The summed E-state index contributed by atoms with van der Waals surface area (Å²) in [6.07, 6.45) is 5.14. The zero-order chi connectivity index (χ0) is 20.2. The van der Waals surface area contributed by atoms with Crippen molar-refractivity contribution < 1.29 is 19.4 Å². The van der Waals surface area contributed by atoms with Gasteiger partial charge in [-0.3, -0.25) is 4.79 Å². The van der Waals surface area contributed by atoms with Crippen LogP contribution in [-0.2, 0) is 16.1 Å². The van der Waals surface area contributed by atoms with Crippen molar-refractivity contribution in [3.05, 3.63) is 33.7 Å². The van der Waals surface area contributed by atoms with E-state index in [0.717, 1.165) is 58.6 Å². The summed E-state index contributed by atoms with van der Waals surface area (Å²) in [6, 6.07) is 5.81. The van der Waals surface area contributed by atoms with E-state index in [9.17, 15) is 9.90 Å². The Bertz CT molecular complexity index is 944. The lowest BCUT2D eigenvalue weighted by molar-refractivity contribution is -0.197. The molecule has 1 aromatic heterocycles. The summed E-state index contributed by atoms with van der Waals surface area (Å²) in [7, 11) is 1.64. The van der Waals surface area contributed by atoms with Gasteiger partial charge in [-0.25, -0.2) is 4.98 Å². The van der Waals surface area contributed by atoms with Crippen molar-refractivity contribution in [2.45, 2.75) is 50.7 Å². The quantitative estimate of drug-likeness (QED) is 0.616. The first kappa shape index (κ1) is 19.5. The Hall–Kier alpha value is -1.44. The van der Waals surface area contributed by atoms with Crippen LogP contribution >= 0.6 is 27.3 Å². The van der Waals surface area contributed by atoms with Crippen LogP contribution in [0.1, 0.15) is 44.2 Å². The van der Waals surface area contributed by atoms with Crippen molar-refractivity contribution in [3.8, 4) is 16.3 Å². The number of hydrogen-bond donors (Lipinski definition) is 1. The SMILES string of the molecule is COc1ccc(Br)cc1-c1nc(COC(=O)C23CC4CC(CC(O)(C4)C2)C3)cs1. The van der Waals surface area contributed by atoms with Gasteiger partial charge < -0.3 is 14.6 Å². The minimum atomic E-state index is -0.659. The number of esters is 1. The molecule has 0 aliphatic heterocycles. The van der Waals surface area contributed by atoms with Crippen LogP contribution in [0.3, 0.4) is 0 Å². The number of carbonyl (C=O) groups excluding carboxylic acids is 1. The van der Waals surface area contributed by atoms with Crippen LogP contribution in [-0.4, -0.2) is 28.8 Å². The molecule has 1 N–H and O–H groups in total. The molecule has 7 heteroatoms. The van der Waals surface area contributed by atoms with Crippen LogP contribution < -0.4 is 4.74 Å². The van der Waals surface area contributed by atoms with E-state index in [2.05, 4.69) is 20.9 Å². The normalized spacial score (nSPS) is 32.4. The minimum Gasteiger partial charge on any atom is -0.496 e. The fraction of sp³-hybridized carbons (Fsp3) is 0.545. The minimum absolute atomic E-state index is 0.153. The topological polar surface area (TPSA) is 68.7 Å². The van der Waals surface area contributed by atoms with Gasteiger partial charge in [0.15, 0.2) is 0 Å².